The average Bonchev–Trinajstić information content (AvgIpc) is 2.37. The second-order valence-electron chi connectivity index (χ2n) is 4.70. The molecule has 0 radical (unpaired) electrons. The fourth-order valence-electron chi connectivity index (χ4n) is 1.66. The molecule has 1 amide bonds. The molecule has 0 saturated heterocycles. The number of aromatic nitrogens is 1. The minimum Gasteiger partial charge on any atom is -0.395 e. The van der Waals surface area contributed by atoms with Gasteiger partial charge in [0.1, 0.15) is 9.84 Å². The molecule has 0 spiro atoms. The quantitative estimate of drug-likeness (QED) is 0.745. The van der Waals surface area contributed by atoms with E-state index in [-0.39, 0.29) is 12.4 Å². The van der Waals surface area contributed by atoms with E-state index in [0.717, 1.165) is 6.26 Å². The third-order valence-corrected chi connectivity index (χ3v) is 3.51. The number of hydrogen-bond donors (Lipinski definition) is 2. The van der Waals surface area contributed by atoms with E-state index >= 15 is 0 Å². The van der Waals surface area contributed by atoms with Crippen LogP contribution in [0.4, 0.5) is 0 Å². The zero-order valence-electron chi connectivity index (χ0n) is 12.0. The summed E-state index contributed by atoms with van der Waals surface area (Å²) >= 11 is 0. The molecular weight excluding hydrogens is 292 g/mol. The standard InChI is InChI=1S/C14H18N2O4S/c1-11(10-21(2,19)20)16-14(18)13-7-12(8-15-9-13)5-3-4-6-17/h7-9,11,17H,4,6,10H2,1-2H3,(H,16,18). The Hall–Kier alpha value is -1.91. The highest BCUT2D eigenvalue weighted by molar-refractivity contribution is 7.90. The monoisotopic (exact) mass is 310 g/mol. The summed E-state index contributed by atoms with van der Waals surface area (Å²) in [4.78, 5) is 15.9. The Balaban J connectivity index is 2.75. The summed E-state index contributed by atoms with van der Waals surface area (Å²) in [6.45, 7) is 1.60. The van der Waals surface area contributed by atoms with Gasteiger partial charge in [0.05, 0.1) is 17.9 Å². The summed E-state index contributed by atoms with van der Waals surface area (Å²) in [7, 11) is -3.15. The Kier molecular flexibility index (Phi) is 6.34. The van der Waals surface area contributed by atoms with E-state index in [1.54, 1.807) is 13.0 Å². The summed E-state index contributed by atoms with van der Waals surface area (Å²) < 4.78 is 22.3. The predicted molar refractivity (Wildman–Crippen MR) is 79.5 cm³/mol. The number of carbonyl (C=O) groups excluding carboxylic acids is 1. The minimum absolute atomic E-state index is 0.0242. The highest BCUT2D eigenvalue weighted by atomic mass is 32.2. The minimum atomic E-state index is -3.15. The number of rotatable bonds is 5. The molecule has 114 valence electrons. The zero-order chi connectivity index (χ0) is 15.9. The molecule has 0 fully saturated rings. The van der Waals surface area contributed by atoms with Crippen LogP contribution in [-0.2, 0) is 9.84 Å². The Morgan fingerprint density at radius 2 is 2.19 bits per heavy atom. The first-order valence-electron chi connectivity index (χ1n) is 6.35. The zero-order valence-corrected chi connectivity index (χ0v) is 12.8. The molecule has 1 heterocycles. The van der Waals surface area contributed by atoms with E-state index in [1.807, 2.05) is 0 Å². The molecule has 1 atom stereocenters. The number of sulfone groups is 1. The Bertz CT molecular complexity index is 659. The molecule has 0 bridgehead atoms. The van der Waals surface area contributed by atoms with E-state index in [2.05, 4.69) is 22.1 Å². The molecule has 0 saturated carbocycles. The van der Waals surface area contributed by atoms with Crippen molar-refractivity contribution in [2.75, 3.05) is 18.6 Å². The van der Waals surface area contributed by atoms with Crippen LogP contribution in [0, 0.1) is 11.8 Å². The van der Waals surface area contributed by atoms with Gasteiger partial charge in [-0.1, -0.05) is 11.8 Å². The van der Waals surface area contributed by atoms with Gasteiger partial charge < -0.3 is 10.4 Å². The molecule has 6 nitrogen and oxygen atoms in total. The molecule has 0 aromatic carbocycles. The van der Waals surface area contributed by atoms with E-state index < -0.39 is 21.8 Å². The van der Waals surface area contributed by atoms with Gasteiger partial charge in [0.15, 0.2) is 0 Å². The predicted octanol–water partition coefficient (Wildman–Crippen LogP) is -0.0216. The lowest BCUT2D eigenvalue weighted by Crippen LogP contribution is -2.37. The molecule has 1 unspecified atom stereocenters. The van der Waals surface area contributed by atoms with Crippen molar-refractivity contribution in [1.29, 1.82) is 0 Å². The van der Waals surface area contributed by atoms with E-state index in [0.29, 0.717) is 17.5 Å². The van der Waals surface area contributed by atoms with E-state index in [4.69, 9.17) is 5.11 Å². The lowest BCUT2D eigenvalue weighted by Gasteiger charge is -2.12. The van der Waals surface area contributed by atoms with Crippen LogP contribution in [0.15, 0.2) is 18.5 Å². The van der Waals surface area contributed by atoms with Gasteiger partial charge in [-0.15, -0.1) is 0 Å². The van der Waals surface area contributed by atoms with Crippen LogP contribution in [0.3, 0.4) is 0 Å². The molecule has 0 aliphatic carbocycles. The number of aliphatic hydroxyl groups excluding tert-OH is 1. The van der Waals surface area contributed by atoms with Crippen LogP contribution in [-0.4, -0.2) is 49.1 Å². The average molecular weight is 310 g/mol. The fraction of sp³-hybridized carbons (Fsp3) is 0.429. The number of amides is 1. The maximum absolute atomic E-state index is 12.0. The second-order valence-corrected chi connectivity index (χ2v) is 6.89. The third-order valence-electron chi connectivity index (χ3n) is 2.40. The van der Waals surface area contributed by atoms with Gasteiger partial charge in [0.2, 0.25) is 0 Å². The van der Waals surface area contributed by atoms with Crippen molar-refractivity contribution >= 4 is 15.7 Å². The van der Waals surface area contributed by atoms with Crippen LogP contribution in [0.25, 0.3) is 0 Å². The van der Waals surface area contributed by atoms with Crippen molar-refractivity contribution in [1.82, 2.24) is 10.3 Å². The highest BCUT2D eigenvalue weighted by Crippen LogP contribution is 2.03. The van der Waals surface area contributed by atoms with Crippen molar-refractivity contribution in [3.05, 3.63) is 29.6 Å². The van der Waals surface area contributed by atoms with Crippen LogP contribution in [0.2, 0.25) is 0 Å². The largest absolute Gasteiger partial charge is 0.395 e. The van der Waals surface area contributed by atoms with Gasteiger partial charge in [-0.05, 0) is 13.0 Å². The summed E-state index contributed by atoms with van der Waals surface area (Å²) in [5, 5.41) is 11.2. The molecular formula is C14H18N2O4S. The molecule has 0 aliphatic heterocycles. The summed E-state index contributed by atoms with van der Waals surface area (Å²) in [6.07, 6.45) is 4.37. The van der Waals surface area contributed by atoms with Gasteiger partial charge in [0.25, 0.3) is 5.91 Å². The molecule has 1 aromatic heterocycles. The van der Waals surface area contributed by atoms with Crippen molar-refractivity contribution in [3.8, 4) is 11.8 Å². The topological polar surface area (TPSA) is 96.4 Å². The maximum atomic E-state index is 12.0. The smallest absolute Gasteiger partial charge is 0.253 e. The van der Waals surface area contributed by atoms with Crippen LogP contribution < -0.4 is 5.32 Å². The van der Waals surface area contributed by atoms with Crippen LogP contribution in [0.1, 0.15) is 29.3 Å². The van der Waals surface area contributed by atoms with Crippen molar-refractivity contribution in [2.45, 2.75) is 19.4 Å². The molecule has 21 heavy (non-hydrogen) atoms. The number of nitrogens with one attached hydrogen (secondary N) is 1. The fourth-order valence-corrected chi connectivity index (χ4v) is 2.65. The number of aliphatic hydroxyl groups is 1. The van der Waals surface area contributed by atoms with Crippen molar-refractivity contribution < 1.29 is 18.3 Å². The highest BCUT2D eigenvalue weighted by Gasteiger charge is 2.14. The summed E-state index contributed by atoms with van der Waals surface area (Å²) in [5.74, 6) is 5.00. The second kappa shape index (κ2) is 7.76. The molecule has 7 heteroatoms. The van der Waals surface area contributed by atoms with Gasteiger partial charge >= 0.3 is 0 Å². The first-order valence-corrected chi connectivity index (χ1v) is 8.41. The van der Waals surface area contributed by atoms with Gasteiger partial charge in [-0.2, -0.15) is 0 Å². The normalized spacial score (nSPS) is 12.1. The number of nitrogens with zero attached hydrogens (tertiary/aromatic N) is 1. The molecule has 1 rings (SSSR count). The van der Waals surface area contributed by atoms with E-state index in [1.165, 1.54) is 12.4 Å². The SMILES string of the molecule is CC(CS(C)(=O)=O)NC(=O)c1cncc(C#CCCO)c1. The lowest BCUT2D eigenvalue weighted by atomic mass is 10.2. The first-order chi connectivity index (χ1) is 9.81. The van der Waals surface area contributed by atoms with Gasteiger partial charge in [0, 0.05) is 36.7 Å². The summed E-state index contributed by atoms with van der Waals surface area (Å²) in [6, 6.07) is 1.08. The first kappa shape index (κ1) is 17.1. The van der Waals surface area contributed by atoms with Gasteiger partial charge in [-0.3, -0.25) is 9.78 Å². The third kappa shape index (κ3) is 6.88. The Labute approximate surface area is 124 Å². The van der Waals surface area contributed by atoms with E-state index in [9.17, 15) is 13.2 Å². The van der Waals surface area contributed by atoms with Gasteiger partial charge in [-0.25, -0.2) is 8.42 Å². The van der Waals surface area contributed by atoms with Crippen LogP contribution >= 0.6 is 0 Å². The number of pyridine rings is 1. The molecule has 1 aromatic rings. The lowest BCUT2D eigenvalue weighted by molar-refractivity contribution is 0.0943. The molecule has 0 aliphatic rings. The number of carbonyl (C=O) groups is 1. The summed E-state index contributed by atoms with van der Waals surface area (Å²) in [5.41, 5.74) is 0.873. The maximum Gasteiger partial charge on any atom is 0.253 e. The van der Waals surface area contributed by atoms with Crippen molar-refractivity contribution in [3.63, 3.8) is 0 Å². The van der Waals surface area contributed by atoms with Crippen LogP contribution in [0.5, 0.6) is 0 Å². The Morgan fingerprint density at radius 1 is 1.48 bits per heavy atom. The van der Waals surface area contributed by atoms with Crippen molar-refractivity contribution in [2.24, 2.45) is 0 Å². The molecule has 2 N–H and O–H groups in total. The number of hydrogen-bond acceptors (Lipinski definition) is 5. The Morgan fingerprint density at radius 3 is 2.81 bits per heavy atom.